The van der Waals surface area contributed by atoms with E-state index in [0.717, 1.165) is 10.4 Å². The Balaban J connectivity index is 1.83. The predicted molar refractivity (Wildman–Crippen MR) is 108 cm³/mol. The highest BCUT2D eigenvalue weighted by Gasteiger charge is 2.21. The van der Waals surface area contributed by atoms with Crippen molar-refractivity contribution in [2.45, 2.75) is 0 Å². The van der Waals surface area contributed by atoms with E-state index in [9.17, 15) is 9.59 Å². The number of benzene rings is 1. The maximum Gasteiger partial charge on any atom is 0.357 e. The Morgan fingerprint density at radius 2 is 2.03 bits per heavy atom. The van der Waals surface area contributed by atoms with Crippen molar-refractivity contribution in [3.63, 3.8) is 0 Å². The minimum atomic E-state index is -0.718. The lowest BCUT2D eigenvalue weighted by molar-refractivity contribution is -0.143. The normalized spacial score (nSPS) is 11.3. The molecule has 0 fully saturated rings. The number of nitrogens with zero attached hydrogens (tertiary/aromatic N) is 4. The molecule has 10 heteroatoms. The zero-order valence-electron chi connectivity index (χ0n) is 15.6. The standard InChI is InChI=1S/C19H19N5O4S/c1-27-10-9-20-17(25)13-28-19(26)16(12-15-8-5-11-29-15)24-18(21-22-23-24)14-6-3-2-4-7-14/h2-8,11-12H,9-10,13H2,1H3,(H,20,25)/b16-12-. The topological polar surface area (TPSA) is 108 Å². The van der Waals surface area contributed by atoms with Crippen LogP contribution in [0.5, 0.6) is 0 Å². The number of amides is 1. The fourth-order valence-electron chi connectivity index (χ4n) is 2.38. The van der Waals surface area contributed by atoms with E-state index in [1.165, 1.54) is 23.1 Å². The number of esters is 1. The molecule has 0 bridgehead atoms. The molecule has 3 rings (SSSR count). The largest absolute Gasteiger partial charge is 0.451 e. The molecule has 1 aromatic carbocycles. The summed E-state index contributed by atoms with van der Waals surface area (Å²) in [5, 5.41) is 16.2. The molecule has 0 unspecified atom stereocenters. The van der Waals surface area contributed by atoms with Crippen molar-refractivity contribution in [3.05, 3.63) is 52.7 Å². The third kappa shape index (κ3) is 5.56. The Morgan fingerprint density at radius 1 is 1.21 bits per heavy atom. The highest BCUT2D eigenvalue weighted by atomic mass is 32.1. The van der Waals surface area contributed by atoms with Crippen LogP contribution in [0.2, 0.25) is 0 Å². The molecule has 29 heavy (non-hydrogen) atoms. The first-order valence-corrected chi connectivity index (χ1v) is 9.59. The summed E-state index contributed by atoms with van der Waals surface area (Å²) in [6.45, 7) is 0.275. The van der Waals surface area contributed by atoms with Gasteiger partial charge < -0.3 is 14.8 Å². The van der Waals surface area contributed by atoms with E-state index in [1.807, 2.05) is 47.8 Å². The van der Waals surface area contributed by atoms with E-state index in [0.29, 0.717) is 19.0 Å². The molecular weight excluding hydrogens is 394 g/mol. The second kappa shape index (κ2) is 10.2. The molecule has 2 heterocycles. The molecular formula is C19H19N5O4S. The lowest BCUT2D eigenvalue weighted by Crippen LogP contribution is -2.31. The van der Waals surface area contributed by atoms with Crippen molar-refractivity contribution >= 4 is 35.0 Å². The van der Waals surface area contributed by atoms with Crippen LogP contribution in [0.25, 0.3) is 23.2 Å². The van der Waals surface area contributed by atoms with Crippen molar-refractivity contribution in [2.75, 3.05) is 26.9 Å². The third-order valence-electron chi connectivity index (χ3n) is 3.72. The molecule has 0 atom stereocenters. The number of hydrogen-bond donors (Lipinski definition) is 1. The maximum absolute atomic E-state index is 12.8. The van der Waals surface area contributed by atoms with Crippen LogP contribution in [0.3, 0.4) is 0 Å². The average molecular weight is 413 g/mol. The molecule has 2 aromatic heterocycles. The summed E-state index contributed by atoms with van der Waals surface area (Å²) in [5.41, 5.74) is 0.834. The molecule has 0 saturated heterocycles. The molecule has 3 aromatic rings. The second-order valence-corrected chi connectivity index (χ2v) is 6.72. The van der Waals surface area contributed by atoms with Gasteiger partial charge in [-0.1, -0.05) is 36.4 Å². The number of carbonyl (C=O) groups excluding carboxylic acids is 2. The van der Waals surface area contributed by atoms with Crippen LogP contribution in [0.4, 0.5) is 0 Å². The molecule has 0 aliphatic carbocycles. The molecule has 0 aliphatic rings. The fourth-order valence-corrected chi connectivity index (χ4v) is 3.03. The van der Waals surface area contributed by atoms with E-state index >= 15 is 0 Å². The van der Waals surface area contributed by atoms with Gasteiger partial charge in [0.2, 0.25) is 0 Å². The molecule has 1 N–H and O–H groups in total. The van der Waals surface area contributed by atoms with Gasteiger partial charge in [0.05, 0.1) is 6.61 Å². The van der Waals surface area contributed by atoms with E-state index in [2.05, 4.69) is 20.8 Å². The summed E-state index contributed by atoms with van der Waals surface area (Å²) in [7, 11) is 1.53. The van der Waals surface area contributed by atoms with Crippen LogP contribution in [0.15, 0.2) is 47.8 Å². The zero-order chi connectivity index (χ0) is 20.5. The smallest absolute Gasteiger partial charge is 0.357 e. The van der Waals surface area contributed by atoms with Gasteiger partial charge in [-0.3, -0.25) is 4.79 Å². The summed E-state index contributed by atoms with van der Waals surface area (Å²) in [6.07, 6.45) is 1.62. The van der Waals surface area contributed by atoms with Gasteiger partial charge in [0.25, 0.3) is 5.91 Å². The molecule has 150 valence electrons. The minimum absolute atomic E-state index is 0.0981. The quantitative estimate of drug-likeness (QED) is 0.323. The van der Waals surface area contributed by atoms with Gasteiger partial charge in [0.15, 0.2) is 18.1 Å². The Morgan fingerprint density at radius 3 is 2.76 bits per heavy atom. The van der Waals surface area contributed by atoms with Gasteiger partial charge in [-0.2, -0.15) is 4.68 Å². The van der Waals surface area contributed by atoms with Gasteiger partial charge >= 0.3 is 5.97 Å². The summed E-state index contributed by atoms with van der Waals surface area (Å²) in [6, 6.07) is 12.9. The number of thiophene rings is 1. The van der Waals surface area contributed by atoms with Crippen molar-refractivity contribution in [3.8, 4) is 11.4 Å². The third-order valence-corrected chi connectivity index (χ3v) is 4.54. The number of ether oxygens (including phenoxy) is 2. The van der Waals surface area contributed by atoms with Gasteiger partial charge in [-0.25, -0.2) is 4.79 Å². The molecule has 9 nitrogen and oxygen atoms in total. The number of tetrazole rings is 1. The van der Waals surface area contributed by atoms with Crippen LogP contribution in [-0.2, 0) is 19.1 Å². The van der Waals surface area contributed by atoms with Crippen LogP contribution >= 0.6 is 11.3 Å². The lowest BCUT2D eigenvalue weighted by Gasteiger charge is -2.10. The van der Waals surface area contributed by atoms with E-state index < -0.39 is 18.5 Å². The molecule has 0 spiro atoms. The average Bonchev–Trinajstić information content (AvgIpc) is 3.43. The van der Waals surface area contributed by atoms with Gasteiger partial charge in [-0.05, 0) is 27.9 Å². The number of carbonyl (C=O) groups is 2. The Labute approximate surface area is 170 Å². The van der Waals surface area contributed by atoms with Gasteiger partial charge in [0.1, 0.15) is 0 Å². The number of rotatable bonds is 9. The lowest BCUT2D eigenvalue weighted by atomic mass is 10.2. The fraction of sp³-hybridized carbons (Fsp3) is 0.211. The predicted octanol–water partition coefficient (Wildman–Crippen LogP) is 1.71. The van der Waals surface area contributed by atoms with E-state index in [4.69, 9.17) is 9.47 Å². The van der Waals surface area contributed by atoms with E-state index in [1.54, 1.807) is 6.08 Å². The molecule has 0 saturated carbocycles. The molecule has 1 amide bonds. The maximum atomic E-state index is 12.8. The zero-order valence-corrected chi connectivity index (χ0v) is 16.5. The first-order chi connectivity index (χ1) is 14.2. The monoisotopic (exact) mass is 413 g/mol. The highest BCUT2D eigenvalue weighted by Crippen LogP contribution is 2.22. The molecule has 0 aliphatic heterocycles. The highest BCUT2D eigenvalue weighted by molar-refractivity contribution is 7.10. The van der Waals surface area contributed by atoms with Crippen molar-refractivity contribution in [2.24, 2.45) is 0 Å². The van der Waals surface area contributed by atoms with Crippen LogP contribution in [-0.4, -0.2) is 59.0 Å². The number of hydrogen-bond acceptors (Lipinski definition) is 8. The Bertz CT molecular complexity index is 970. The summed E-state index contributed by atoms with van der Waals surface area (Å²) in [4.78, 5) is 25.4. The van der Waals surface area contributed by atoms with E-state index in [-0.39, 0.29) is 5.70 Å². The number of methoxy groups -OCH3 is 1. The summed E-state index contributed by atoms with van der Waals surface area (Å²) in [5.74, 6) is -0.759. The SMILES string of the molecule is COCCNC(=O)COC(=O)/C(=C/c1cccs1)n1nnnc1-c1ccccc1. The summed E-state index contributed by atoms with van der Waals surface area (Å²) < 4.78 is 11.4. The Kier molecular flexibility index (Phi) is 7.20. The number of aromatic nitrogens is 4. The van der Waals surface area contributed by atoms with Crippen LogP contribution in [0, 0.1) is 0 Å². The molecule has 0 radical (unpaired) electrons. The Hall–Kier alpha value is -3.37. The number of nitrogens with one attached hydrogen (secondary N) is 1. The second-order valence-electron chi connectivity index (χ2n) is 5.74. The minimum Gasteiger partial charge on any atom is -0.451 e. The van der Waals surface area contributed by atoms with Gasteiger partial charge in [-0.15, -0.1) is 16.4 Å². The van der Waals surface area contributed by atoms with Gasteiger partial charge in [0, 0.05) is 24.1 Å². The van der Waals surface area contributed by atoms with Crippen molar-refractivity contribution in [1.82, 2.24) is 25.5 Å². The van der Waals surface area contributed by atoms with Crippen molar-refractivity contribution in [1.29, 1.82) is 0 Å². The van der Waals surface area contributed by atoms with Crippen molar-refractivity contribution < 1.29 is 19.1 Å². The van der Waals surface area contributed by atoms with Crippen LogP contribution in [0.1, 0.15) is 4.88 Å². The first kappa shape index (κ1) is 20.4. The summed E-state index contributed by atoms with van der Waals surface area (Å²) >= 11 is 1.45. The van der Waals surface area contributed by atoms with Crippen LogP contribution < -0.4 is 5.32 Å². The first-order valence-electron chi connectivity index (χ1n) is 8.71.